The van der Waals surface area contributed by atoms with E-state index in [0.29, 0.717) is 0 Å². The first-order valence-electron chi connectivity index (χ1n) is 4.77. The zero-order valence-corrected chi connectivity index (χ0v) is 9.48. The van der Waals surface area contributed by atoms with Gasteiger partial charge in [0.2, 0.25) is 0 Å². The van der Waals surface area contributed by atoms with Crippen molar-refractivity contribution in [1.82, 2.24) is 0 Å². The highest BCUT2D eigenvalue weighted by Gasteiger charge is 2.19. The second kappa shape index (κ2) is 8.84. The average molecular weight is 255 g/mol. The highest BCUT2D eigenvalue weighted by molar-refractivity contribution is 5.89. The first-order chi connectivity index (χ1) is 9.19. The largest absolute Gasteiger partial charge is 0.287 e. The molecule has 0 saturated carbocycles. The Morgan fingerprint density at radius 1 is 0.947 bits per heavy atom. The van der Waals surface area contributed by atoms with Gasteiger partial charge in [-0.25, -0.2) is 28.8 Å². The third-order valence-corrected chi connectivity index (χ3v) is 1.95. The Hall–Kier alpha value is -3.26. The number of rotatable bonds is 6. The molecule has 0 amide bonds. The monoisotopic (exact) mass is 255 g/mol. The highest BCUT2D eigenvalue weighted by Crippen LogP contribution is 2.22. The maximum atomic E-state index is 10.8. The lowest BCUT2D eigenvalue weighted by molar-refractivity contribution is 0.561. The molecule has 0 atom stereocenters. The van der Waals surface area contributed by atoms with Crippen LogP contribution in [0.4, 0.5) is 0 Å². The van der Waals surface area contributed by atoms with Crippen molar-refractivity contribution >= 4 is 29.7 Å². The summed E-state index contributed by atoms with van der Waals surface area (Å²) in [5.74, 6) is 6.55. The molecular weight excluding hydrogens is 250 g/mol. The van der Waals surface area contributed by atoms with Crippen molar-refractivity contribution in [3.63, 3.8) is 0 Å². The van der Waals surface area contributed by atoms with Crippen molar-refractivity contribution in [3.8, 4) is 0 Å². The predicted octanol–water partition coefficient (Wildman–Crippen LogP) is 0.0632. The van der Waals surface area contributed by atoms with Crippen LogP contribution >= 0.6 is 0 Å². The van der Waals surface area contributed by atoms with Gasteiger partial charge in [0.05, 0.1) is 23.3 Å². The fraction of sp³-hybridized carbons (Fsp3) is 0.154. The van der Waals surface area contributed by atoms with Crippen LogP contribution in [0.3, 0.4) is 0 Å². The quantitative estimate of drug-likeness (QED) is 0.380. The molecule has 0 N–H and O–H groups in total. The molecule has 0 unspecified atom stereocenters. The topological polar surface area (TPSA) is 89.7 Å². The fourth-order valence-electron chi connectivity index (χ4n) is 1.11. The normalized spacial score (nSPS) is 7.32. The van der Waals surface area contributed by atoms with Gasteiger partial charge in [0.1, 0.15) is 29.7 Å². The van der Waals surface area contributed by atoms with E-state index >= 15 is 0 Å². The number of allylic oxidation sites excluding steroid dienone is 3. The van der Waals surface area contributed by atoms with E-state index in [1.807, 2.05) is 0 Å². The van der Waals surface area contributed by atoms with Crippen LogP contribution in [0.15, 0.2) is 28.5 Å². The van der Waals surface area contributed by atoms with Crippen LogP contribution in [-0.2, 0) is 24.0 Å². The molecule has 0 aromatic heterocycles. The number of hydrogen-bond acceptors (Lipinski definition) is 5. The van der Waals surface area contributed by atoms with Gasteiger partial charge in [0.15, 0.2) is 0 Å². The summed E-state index contributed by atoms with van der Waals surface area (Å²) in [5, 5.41) is 0. The van der Waals surface area contributed by atoms with Crippen molar-refractivity contribution in [1.29, 1.82) is 0 Å². The van der Waals surface area contributed by atoms with Crippen molar-refractivity contribution in [2.75, 3.05) is 0 Å². The molecule has 0 aromatic carbocycles. The van der Waals surface area contributed by atoms with Gasteiger partial charge in [-0.3, -0.25) is 0 Å². The summed E-state index contributed by atoms with van der Waals surface area (Å²) in [4.78, 5) is 55.3. The van der Waals surface area contributed by atoms with Crippen molar-refractivity contribution in [2.24, 2.45) is 0 Å². The summed E-state index contributed by atoms with van der Waals surface area (Å²) in [6.45, 7) is 6.65. The van der Waals surface area contributed by atoms with E-state index in [1.54, 1.807) is 0 Å². The third-order valence-electron chi connectivity index (χ3n) is 1.95. The molecule has 0 aliphatic rings. The van der Waals surface area contributed by atoms with E-state index in [0.717, 1.165) is 12.0 Å². The summed E-state index contributed by atoms with van der Waals surface area (Å²) < 4.78 is 0. The predicted molar refractivity (Wildman–Crippen MR) is 62.9 cm³/mol. The van der Waals surface area contributed by atoms with Gasteiger partial charge in [-0.2, -0.15) is 0 Å². The Kier molecular flexibility index (Phi) is 7.33. The van der Waals surface area contributed by atoms with Gasteiger partial charge >= 0.3 is 0 Å². The van der Waals surface area contributed by atoms with Gasteiger partial charge in [-0.1, -0.05) is 0 Å². The first kappa shape index (κ1) is 15.7. The number of nitrogens with zero attached hydrogens (tertiary/aromatic N) is 1. The van der Waals surface area contributed by atoms with Gasteiger partial charge in [0.25, 0.3) is 5.70 Å². The van der Waals surface area contributed by atoms with Gasteiger partial charge < -0.3 is 0 Å². The zero-order chi connectivity index (χ0) is 14.7. The number of hydrogen-bond donors (Lipinski definition) is 0. The van der Waals surface area contributed by atoms with E-state index < -0.39 is 16.8 Å². The van der Waals surface area contributed by atoms with E-state index in [-0.39, 0.29) is 18.4 Å². The Labute approximate surface area is 107 Å². The molecule has 0 bridgehead atoms. The molecule has 0 aliphatic heterocycles. The van der Waals surface area contributed by atoms with Crippen LogP contribution in [-0.4, -0.2) is 29.7 Å². The minimum atomic E-state index is -0.785. The average Bonchev–Trinajstić information content (AvgIpc) is 2.45. The second-order valence-electron chi connectivity index (χ2n) is 2.96. The second-order valence-corrected chi connectivity index (χ2v) is 2.96. The molecule has 92 valence electrons. The molecule has 0 saturated heterocycles. The summed E-state index contributed by atoms with van der Waals surface area (Å²) in [7, 11) is 0. The maximum Gasteiger partial charge on any atom is 0.287 e. The molecular formula is C13H5NO5. The minimum absolute atomic E-state index is 0.0730. The Morgan fingerprint density at radius 2 is 1.58 bits per heavy atom. The molecule has 0 fully saturated rings. The molecule has 0 heterocycles. The minimum Gasteiger partial charge on any atom is -0.247 e. The maximum absolute atomic E-state index is 10.8. The molecule has 0 rings (SSSR count). The number of carbonyl (C=O) groups excluding carboxylic acids is 5. The zero-order valence-electron chi connectivity index (χ0n) is 9.48. The van der Waals surface area contributed by atoms with E-state index in [4.69, 9.17) is 6.57 Å². The lowest BCUT2D eigenvalue weighted by Crippen LogP contribution is -2.00. The van der Waals surface area contributed by atoms with E-state index in [2.05, 4.69) is 4.85 Å². The third kappa shape index (κ3) is 4.24. The first-order valence-corrected chi connectivity index (χ1v) is 4.77. The van der Waals surface area contributed by atoms with Crippen molar-refractivity contribution < 1.29 is 24.0 Å². The van der Waals surface area contributed by atoms with Gasteiger partial charge in [-0.05, 0) is 12.8 Å². The fourth-order valence-corrected chi connectivity index (χ4v) is 1.11. The standard InChI is InChI=1S/C13H5NO5/c1-14-13(9-19)12(8-18)11(7-17)10(6-16)4-2-3-5-15/h3H,2,4H2. The Morgan fingerprint density at radius 3 is 1.95 bits per heavy atom. The molecule has 6 heteroatoms. The van der Waals surface area contributed by atoms with E-state index in [1.165, 1.54) is 23.8 Å². The van der Waals surface area contributed by atoms with Crippen molar-refractivity contribution in [2.45, 2.75) is 12.8 Å². The van der Waals surface area contributed by atoms with Crippen LogP contribution in [0, 0.1) is 6.57 Å². The van der Waals surface area contributed by atoms with Crippen LogP contribution in [0.2, 0.25) is 0 Å². The van der Waals surface area contributed by atoms with Crippen LogP contribution in [0.25, 0.3) is 4.85 Å². The molecule has 0 aromatic rings. The lowest BCUT2D eigenvalue weighted by Gasteiger charge is -2.02. The van der Waals surface area contributed by atoms with Crippen LogP contribution in [0.5, 0.6) is 0 Å². The molecule has 0 spiro atoms. The van der Waals surface area contributed by atoms with Crippen molar-refractivity contribution in [3.05, 3.63) is 39.9 Å². The smallest absolute Gasteiger partial charge is 0.247 e. The SMILES string of the molecule is [C-]#[N+]C(=C=O)C(=C=O)C(=C=O)C(=C=O)CCC=C=O. The summed E-state index contributed by atoms with van der Waals surface area (Å²) in [6.07, 6.45) is 1.04. The van der Waals surface area contributed by atoms with Crippen LogP contribution < -0.4 is 0 Å². The lowest BCUT2D eigenvalue weighted by atomic mass is 9.96. The Bertz CT molecular complexity index is 662. The molecule has 0 radical (unpaired) electrons. The van der Waals surface area contributed by atoms with E-state index in [9.17, 15) is 24.0 Å². The van der Waals surface area contributed by atoms with Gasteiger partial charge in [0, 0.05) is 6.08 Å². The van der Waals surface area contributed by atoms with Gasteiger partial charge in [-0.15, -0.1) is 0 Å². The molecule has 0 aliphatic carbocycles. The highest BCUT2D eigenvalue weighted by atomic mass is 16.1. The summed E-state index contributed by atoms with van der Waals surface area (Å²) in [5.41, 5.74) is -2.37. The summed E-state index contributed by atoms with van der Waals surface area (Å²) >= 11 is 0. The van der Waals surface area contributed by atoms with Crippen LogP contribution in [0.1, 0.15) is 12.8 Å². The summed E-state index contributed by atoms with van der Waals surface area (Å²) in [6, 6.07) is 0. The Balaban J connectivity index is 5.69. The molecule has 19 heavy (non-hydrogen) atoms. The molecule has 6 nitrogen and oxygen atoms in total.